The van der Waals surface area contributed by atoms with Crippen molar-refractivity contribution in [1.82, 2.24) is 24.9 Å². The van der Waals surface area contributed by atoms with E-state index >= 15 is 0 Å². The number of fused-ring (bicyclic) bond motifs is 1. The molecule has 2 rings (SSSR count). The number of aromatic nitrogens is 4. The Hall–Kier alpha value is -2.55. The van der Waals surface area contributed by atoms with Crippen LogP contribution >= 0.6 is 0 Å². The SMILES string of the molecule is COCC(C)(CC(=O)O)NC(=O)c1nc2nc(C)cc(C)n2n1. The van der Waals surface area contributed by atoms with E-state index in [1.165, 1.54) is 11.6 Å². The summed E-state index contributed by atoms with van der Waals surface area (Å²) in [5, 5.41) is 15.7. The van der Waals surface area contributed by atoms with Crippen molar-refractivity contribution in [2.24, 2.45) is 0 Å². The van der Waals surface area contributed by atoms with Crippen molar-refractivity contribution in [1.29, 1.82) is 0 Å². The molecule has 0 saturated heterocycles. The second-order valence-electron chi connectivity index (χ2n) is 5.70. The molecule has 0 saturated carbocycles. The number of carbonyl (C=O) groups is 2. The Labute approximate surface area is 132 Å². The van der Waals surface area contributed by atoms with Crippen molar-refractivity contribution in [3.05, 3.63) is 23.3 Å². The third-order valence-electron chi connectivity index (χ3n) is 3.24. The largest absolute Gasteiger partial charge is 0.481 e. The van der Waals surface area contributed by atoms with Crippen LogP contribution < -0.4 is 5.32 Å². The number of carboxylic acids is 1. The number of carboxylic acid groups (broad SMARTS) is 1. The highest BCUT2D eigenvalue weighted by Gasteiger charge is 2.31. The summed E-state index contributed by atoms with van der Waals surface area (Å²) in [5.41, 5.74) is 0.502. The van der Waals surface area contributed by atoms with Crippen molar-refractivity contribution >= 4 is 17.7 Å². The summed E-state index contributed by atoms with van der Waals surface area (Å²) in [6, 6.07) is 1.82. The van der Waals surface area contributed by atoms with Gasteiger partial charge >= 0.3 is 5.97 Å². The molecule has 0 aliphatic heterocycles. The van der Waals surface area contributed by atoms with E-state index < -0.39 is 17.4 Å². The van der Waals surface area contributed by atoms with Crippen LogP contribution in [0.2, 0.25) is 0 Å². The average molecular weight is 321 g/mol. The maximum absolute atomic E-state index is 12.4. The molecular weight excluding hydrogens is 302 g/mol. The summed E-state index contributed by atoms with van der Waals surface area (Å²) >= 11 is 0. The van der Waals surface area contributed by atoms with E-state index in [1.807, 2.05) is 19.9 Å². The van der Waals surface area contributed by atoms with Gasteiger partial charge in [0, 0.05) is 18.5 Å². The molecule has 0 aliphatic carbocycles. The van der Waals surface area contributed by atoms with Crippen molar-refractivity contribution in [2.45, 2.75) is 32.7 Å². The van der Waals surface area contributed by atoms with Crippen LogP contribution in [-0.4, -0.2) is 55.8 Å². The lowest BCUT2D eigenvalue weighted by atomic mass is 9.99. The maximum Gasteiger partial charge on any atom is 0.305 e. The first-order valence-electron chi connectivity index (χ1n) is 6.98. The highest BCUT2D eigenvalue weighted by Crippen LogP contribution is 2.12. The molecule has 2 aromatic heterocycles. The van der Waals surface area contributed by atoms with E-state index in [4.69, 9.17) is 9.84 Å². The Morgan fingerprint density at radius 2 is 2.09 bits per heavy atom. The van der Waals surface area contributed by atoms with E-state index in [-0.39, 0.29) is 18.9 Å². The zero-order valence-electron chi connectivity index (χ0n) is 13.5. The number of carbonyl (C=O) groups excluding carboxylic acids is 1. The number of ether oxygens (including phenoxy) is 1. The zero-order valence-corrected chi connectivity index (χ0v) is 13.5. The quantitative estimate of drug-likeness (QED) is 0.788. The summed E-state index contributed by atoms with van der Waals surface area (Å²) in [7, 11) is 1.44. The first-order valence-corrected chi connectivity index (χ1v) is 6.98. The summed E-state index contributed by atoms with van der Waals surface area (Å²) in [4.78, 5) is 31.6. The van der Waals surface area contributed by atoms with Gasteiger partial charge in [0.15, 0.2) is 0 Å². The van der Waals surface area contributed by atoms with Crippen LogP contribution in [0.1, 0.15) is 35.4 Å². The molecule has 124 valence electrons. The van der Waals surface area contributed by atoms with E-state index in [2.05, 4.69) is 20.4 Å². The van der Waals surface area contributed by atoms with Gasteiger partial charge in [0.2, 0.25) is 5.82 Å². The van der Waals surface area contributed by atoms with Gasteiger partial charge in [-0.1, -0.05) is 0 Å². The normalized spacial score (nSPS) is 13.7. The molecule has 23 heavy (non-hydrogen) atoms. The first-order chi connectivity index (χ1) is 10.7. The summed E-state index contributed by atoms with van der Waals surface area (Å²) in [5.74, 6) is -1.37. The Balaban J connectivity index is 2.29. The predicted molar refractivity (Wildman–Crippen MR) is 80.3 cm³/mol. The maximum atomic E-state index is 12.4. The lowest BCUT2D eigenvalue weighted by molar-refractivity contribution is -0.139. The molecule has 1 amide bonds. The van der Waals surface area contributed by atoms with Gasteiger partial charge in [-0.3, -0.25) is 9.59 Å². The fraction of sp³-hybridized carbons (Fsp3) is 0.500. The molecule has 0 radical (unpaired) electrons. The van der Waals surface area contributed by atoms with E-state index in [0.717, 1.165) is 11.4 Å². The van der Waals surface area contributed by atoms with Crippen LogP contribution in [-0.2, 0) is 9.53 Å². The van der Waals surface area contributed by atoms with Crippen molar-refractivity contribution in [3.8, 4) is 0 Å². The number of methoxy groups -OCH3 is 1. The van der Waals surface area contributed by atoms with Gasteiger partial charge in [-0.05, 0) is 26.8 Å². The average Bonchev–Trinajstić information content (AvgIpc) is 2.81. The van der Waals surface area contributed by atoms with E-state index in [9.17, 15) is 9.59 Å². The third-order valence-corrected chi connectivity index (χ3v) is 3.24. The Morgan fingerprint density at radius 3 is 2.70 bits per heavy atom. The van der Waals surface area contributed by atoms with Crippen LogP contribution in [0.5, 0.6) is 0 Å². The van der Waals surface area contributed by atoms with Crippen LogP contribution in [0, 0.1) is 13.8 Å². The Bertz CT molecular complexity index is 757. The van der Waals surface area contributed by atoms with Gasteiger partial charge in [0.1, 0.15) is 0 Å². The smallest absolute Gasteiger partial charge is 0.305 e. The second-order valence-corrected chi connectivity index (χ2v) is 5.70. The number of rotatable bonds is 6. The molecule has 0 fully saturated rings. The van der Waals surface area contributed by atoms with Crippen molar-refractivity contribution < 1.29 is 19.4 Å². The number of hydrogen-bond donors (Lipinski definition) is 2. The topological polar surface area (TPSA) is 119 Å². The molecule has 2 aromatic rings. The van der Waals surface area contributed by atoms with Crippen molar-refractivity contribution in [2.75, 3.05) is 13.7 Å². The van der Waals surface area contributed by atoms with Crippen molar-refractivity contribution in [3.63, 3.8) is 0 Å². The van der Waals surface area contributed by atoms with Gasteiger partial charge in [-0.25, -0.2) is 9.50 Å². The van der Waals surface area contributed by atoms with E-state index in [1.54, 1.807) is 6.92 Å². The fourth-order valence-electron chi connectivity index (χ4n) is 2.38. The summed E-state index contributed by atoms with van der Waals surface area (Å²) in [6.07, 6.45) is -0.281. The molecule has 1 unspecified atom stereocenters. The Kier molecular flexibility index (Phi) is 4.60. The molecule has 0 spiro atoms. The monoisotopic (exact) mass is 321 g/mol. The van der Waals surface area contributed by atoms with Crippen LogP contribution in [0.4, 0.5) is 0 Å². The highest BCUT2D eigenvalue weighted by molar-refractivity contribution is 5.91. The molecule has 2 heterocycles. The molecule has 1 atom stereocenters. The number of amides is 1. The van der Waals surface area contributed by atoms with Gasteiger partial charge < -0.3 is 15.2 Å². The molecular formula is C14H19N5O4. The van der Waals surface area contributed by atoms with Crippen LogP contribution in [0.15, 0.2) is 6.07 Å². The summed E-state index contributed by atoms with van der Waals surface area (Å²) in [6.45, 7) is 5.29. The number of hydrogen-bond acceptors (Lipinski definition) is 6. The third kappa shape index (κ3) is 3.81. The minimum atomic E-state index is -1.06. The highest BCUT2D eigenvalue weighted by atomic mass is 16.5. The Morgan fingerprint density at radius 1 is 1.39 bits per heavy atom. The summed E-state index contributed by atoms with van der Waals surface area (Å²) < 4.78 is 6.47. The van der Waals surface area contributed by atoms with Gasteiger partial charge in [-0.2, -0.15) is 4.98 Å². The molecule has 9 heteroatoms. The van der Waals surface area contributed by atoms with Gasteiger partial charge in [0.05, 0.1) is 18.6 Å². The lowest BCUT2D eigenvalue weighted by Gasteiger charge is -2.27. The first kappa shape index (κ1) is 16.8. The number of nitrogens with zero attached hydrogens (tertiary/aromatic N) is 4. The lowest BCUT2D eigenvalue weighted by Crippen LogP contribution is -2.51. The second kappa shape index (κ2) is 6.29. The minimum Gasteiger partial charge on any atom is -0.481 e. The minimum absolute atomic E-state index is 0.0504. The van der Waals surface area contributed by atoms with Gasteiger partial charge in [-0.15, -0.1) is 5.10 Å². The standard InChI is InChI=1S/C14H19N5O4/c1-8-5-9(2)19-13(15-8)16-11(18-19)12(22)17-14(3,7-23-4)6-10(20)21/h5H,6-7H2,1-4H3,(H,17,22)(H,20,21). The zero-order chi connectivity index (χ0) is 17.2. The predicted octanol–water partition coefficient (Wildman–Crippen LogP) is 0.351. The molecule has 9 nitrogen and oxygen atoms in total. The molecule has 0 bridgehead atoms. The number of aliphatic carboxylic acids is 1. The van der Waals surface area contributed by atoms with Crippen LogP contribution in [0.25, 0.3) is 5.78 Å². The number of nitrogens with one attached hydrogen (secondary N) is 1. The molecule has 0 aliphatic rings. The van der Waals surface area contributed by atoms with Gasteiger partial charge in [0.25, 0.3) is 11.7 Å². The molecule has 0 aromatic carbocycles. The fourth-order valence-corrected chi connectivity index (χ4v) is 2.38. The van der Waals surface area contributed by atoms with E-state index in [0.29, 0.717) is 5.78 Å². The van der Waals surface area contributed by atoms with Crippen LogP contribution in [0.3, 0.4) is 0 Å². The number of aryl methyl sites for hydroxylation is 2. The molecule has 2 N–H and O–H groups in total.